The second kappa shape index (κ2) is 7.72. The number of carbonyl (C=O) groups excluding carboxylic acids is 1. The molecule has 6 nitrogen and oxygen atoms in total. The fourth-order valence-corrected chi connectivity index (χ4v) is 6.45. The molecule has 3 rings (SSSR count). The van der Waals surface area contributed by atoms with Gasteiger partial charge < -0.3 is 5.11 Å². The molecule has 8 heteroatoms. The summed E-state index contributed by atoms with van der Waals surface area (Å²) in [6, 6.07) is -1.16. The number of hydrogen-bond donors (Lipinski definition) is 2. The SMILES string of the molecule is CC(C)CCCC1CCC2CC(O)C(N3CC(=O)NS3(=O)=O)C(F)C2C1. The number of fused-ring (bicyclic) bond motifs is 1. The summed E-state index contributed by atoms with van der Waals surface area (Å²) in [5.74, 6) is 0.347. The summed E-state index contributed by atoms with van der Waals surface area (Å²) in [5.41, 5.74) is 0. The number of nitrogens with zero attached hydrogens (tertiary/aromatic N) is 1. The number of aliphatic hydroxyl groups excluding tert-OH is 1. The van der Waals surface area contributed by atoms with Crippen molar-refractivity contribution in [2.24, 2.45) is 23.7 Å². The van der Waals surface area contributed by atoms with Crippen molar-refractivity contribution >= 4 is 16.1 Å². The minimum Gasteiger partial charge on any atom is -0.391 e. The minimum absolute atomic E-state index is 0.103. The first kappa shape index (κ1) is 20.0. The van der Waals surface area contributed by atoms with E-state index in [-0.39, 0.29) is 11.8 Å². The van der Waals surface area contributed by atoms with E-state index < -0.39 is 41.0 Å². The molecule has 3 fully saturated rings. The molecule has 1 amide bonds. The number of rotatable bonds is 5. The van der Waals surface area contributed by atoms with Gasteiger partial charge in [-0.15, -0.1) is 0 Å². The van der Waals surface area contributed by atoms with E-state index in [1.165, 1.54) is 6.42 Å². The highest BCUT2D eigenvalue weighted by Crippen LogP contribution is 2.47. The van der Waals surface area contributed by atoms with Crippen molar-refractivity contribution in [2.75, 3.05) is 6.54 Å². The van der Waals surface area contributed by atoms with Gasteiger partial charge in [-0.1, -0.05) is 39.5 Å². The summed E-state index contributed by atoms with van der Waals surface area (Å²) >= 11 is 0. The molecule has 0 radical (unpaired) electrons. The van der Waals surface area contributed by atoms with Crippen LogP contribution in [0, 0.1) is 23.7 Å². The van der Waals surface area contributed by atoms with Crippen LogP contribution in [-0.4, -0.2) is 48.6 Å². The van der Waals surface area contributed by atoms with E-state index in [0.717, 1.165) is 36.4 Å². The molecule has 0 aromatic heterocycles. The van der Waals surface area contributed by atoms with E-state index in [2.05, 4.69) is 13.8 Å². The molecule has 0 aromatic carbocycles. The van der Waals surface area contributed by atoms with Gasteiger partial charge in [-0.3, -0.25) is 4.79 Å². The Morgan fingerprint density at radius 2 is 2.04 bits per heavy atom. The lowest BCUT2D eigenvalue weighted by atomic mass is 9.64. The maximum Gasteiger partial charge on any atom is 0.304 e. The molecular formula is C18H31FN2O4S. The molecule has 0 bridgehead atoms. The van der Waals surface area contributed by atoms with E-state index in [0.29, 0.717) is 18.3 Å². The van der Waals surface area contributed by atoms with Crippen LogP contribution in [-0.2, 0) is 15.0 Å². The van der Waals surface area contributed by atoms with Gasteiger partial charge >= 0.3 is 10.2 Å². The zero-order chi connectivity index (χ0) is 19.1. The number of nitrogens with one attached hydrogen (secondary N) is 1. The van der Waals surface area contributed by atoms with Crippen LogP contribution >= 0.6 is 0 Å². The van der Waals surface area contributed by atoms with Crippen molar-refractivity contribution in [1.82, 2.24) is 9.03 Å². The maximum absolute atomic E-state index is 15.4. The molecule has 0 spiro atoms. The first-order valence-corrected chi connectivity index (χ1v) is 11.3. The predicted octanol–water partition coefficient (Wildman–Crippen LogP) is 1.99. The highest BCUT2D eigenvalue weighted by atomic mass is 32.2. The molecule has 26 heavy (non-hydrogen) atoms. The summed E-state index contributed by atoms with van der Waals surface area (Å²) in [6.45, 7) is 4.00. The molecule has 6 atom stereocenters. The van der Waals surface area contributed by atoms with Gasteiger partial charge in [0.25, 0.3) is 0 Å². The third-order valence-corrected chi connectivity index (χ3v) is 7.88. The Morgan fingerprint density at radius 1 is 1.31 bits per heavy atom. The van der Waals surface area contributed by atoms with Crippen molar-refractivity contribution in [3.63, 3.8) is 0 Å². The van der Waals surface area contributed by atoms with Crippen molar-refractivity contribution in [1.29, 1.82) is 0 Å². The van der Waals surface area contributed by atoms with Crippen LogP contribution in [0.1, 0.15) is 58.8 Å². The zero-order valence-electron chi connectivity index (χ0n) is 15.6. The fraction of sp³-hybridized carbons (Fsp3) is 0.944. The quantitative estimate of drug-likeness (QED) is 0.752. The third kappa shape index (κ3) is 4.07. The normalized spacial score (nSPS) is 40.4. The highest BCUT2D eigenvalue weighted by Gasteiger charge is 2.53. The van der Waals surface area contributed by atoms with E-state index in [1.807, 2.05) is 4.72 Å². The van der Waals surface area contributed by atoms with Crippen LogP contribution in [0.5, 0.6) is 0 Å². The van der Waals surface area contributed by atoms with Crippen LogP contribution in [0.4, 0.5) is 4.39 Å². The molecular weight excluding hydrogens is 359 g/mol. The first-order valence-electron chi connectivity index (χ1n) is 9.83. The number of amides is 1. The molecule has 1 aliphatic heterocycles. The second-order valence-corrected chi connectivity index (χ2v) is 10.4. The second-order valence-electron chi connectivity index (χ2n) is 8.74. The Morgan fingerprint density at radius 3 is 2.65 bits per heavy atom. The van der Waals surface area contributed by atoms with Gasteiger partial charge in [0.1, 0.15) is 6.17 Å². The van der Waals surface area contributed by atoms with E-state index in [9.17, 15) is 18.3 Å². The minimum atomic E-state index is -4.04. The Hall–Kier alpha value is -0.730. The Labute approximate surface area is 155 Å². The fourth-order valence-electron chi connectivity index (χ4n) is 5.11. The summed E-state index contributed by atoms with van der Waals surface area (Å²) in [7, 11) is -4.04. The number of carbonyl (C=O) groups is 1. The van der Waals surface area contributed by atoms with Crippen LogP contribution in [0.3, 0.4) is 0 Å². The molecule has 2 aliphatic carbocycles. The van der Waals surface area contributed by atoms with Crippen LogP contribution in [0.15, 0.2) is 0 Å². The van der Waals surface area contributed by atoms with Gasteiger partial charge in [-0.05, 0) is 42.9 Å². The summed E-state index contributed by atoms with van der Waals surface area (Å²) in [6.07, 6.45) is 4.02. The monoisotopic (exact) mass is 390 g/mol. The third-order valence-electron chi connectivity index (χ3n) is 6.41. The van der Waals surface area contributed by atoms with Gasteiger partial charge in [-0.2, -0.15) is 12.7 Å². The van der Waals surface area contributed by atoms with Crippen LogP contribution < -0.4 is 4.72 Å². The average molecular weight is 391 g/mol. The summed E-state index contributed by atoms with van der Waals surface area (Å²) < 4.78 is 42.3. The molecule has 6 unspecified atom stereocenters. The predicted molar refractivity (Wildman–Crippen MR) is 96.1 cm³/mol. The number of halogens is 1. The molecule has 0 aromatic rings. The number of aliphatic hydroxyl groups is 1. The molecule has 2 saturated carbocycles. The largest absolute Gasteiger partial charge is 0.391 e. The Balaban J connectivity index is 1.69. The first-order chi connectivity index (χ1) is 12.2. The standard InChI is InChI=1S/C18H31FN2O4S/c1-11(2)4-3-5-12-6-7-13-9-15(22)18(17(19)14(13)8-12)21-10-16(23)20-26(21,24)25/h11-15,17-18,22H,3-10H2,1-2H3,(H,20,23). The Kier molecular flexibility index (Phi) is 5.94. The van der Waals surface area contributed by atoms with Gasteiger partial charge in [0.15, 0.2) is 0 Å². The molecule has 2 N–H and O–H groups in total. The van der Waals surface area contributed by atoms with E-state index >= 15 is 4.39 Å². The zero-order valence-corrected chi connectivity index (χ0v) is 16.4. The van der Waals surface area contributed by atoms with Crippen molar-refractivity contribution in [3.8, 4) is 0 Å². The summed E-state index contributed by atoms with van der Waals surface area (Å²) in [5, 5.41) is 10.4. The molecule has 1 heterocycles. The smallest absolute Gasteiger partial charge is 0.304 e. The summed E-state index contributed by atoms with van der Waals surface area (Å²) in [4.78, 5) is 11.5. The Bertz CT molecular complexity index is 627. The maximum atomic E-state index is 15.4. The average Bonchev–Trinajstić information content (AvgIpc) is 2.80. The van der Waals surface area contributed by atoms with Crippen LogP contribution in [0.25, 0.3) is 0 Å². The van der Waals surface area contributed by atoms with Gasteiger partial charge in [-0.25, -0.2) is 9.11 Å². The van der Waals surface area contributed by atoms with Crippen molar-refractivity contribution < 1.29 is 22.7 Å². The number of hydrogen-bond acceptors (Lipinski definition) is 4. The lowest BCUT2D eigenvalue weighted by molar-refractivity contribution is -0.120. The highest BCUT2D eigenvalue weighted by molar-refractivity contribution is 7.88. The van der Waals surface area contributed by atoms with E-state index in [1.54, 1.807) is 0 Å². The lowest BCUT2D eigenvalue weighted by Gasteiger charge is -2.48. The molecule has 3 aliphatic rings. The molecule has 1 saturated heterocycles. The number of alkyl halides is 1. The van der Waals surface area contributed by atoms with Crippen molar-refractivity contribution in [3.05, 3.63) is 0 Å². The van der Waals surface area contributed by atoms with Gasteiger partial charge in [0.2, 0.25) is 5.91 Å². The van der Waals surface area contributed by atoms with Gasteiger partial charge in [0, 0.05) is 0 Å². The van der Waals surface area contributed by atoms with Crippen LogP contribution in [0.2, 0.25) is 0 Å². The topological polar surface area (TPSA) is 86.7 Å². The van der Waals surface area contributed by atoms with Gasteiger partial charge in [0.05, 0.1) is 18.7 Å². The lowest BCUT2D eigenvalue weighted by Crippen LogP contribution is -2.58. The van der Waals surface area contributed by atoms with Crippen molar-refractivity contribution in [2.45, 2.75) is 77.1 Å². The van der Waals surface area contributed by atoms with E-state index in [4.69, 9.17) is 0 Å². The molecule has 150 valence electrons.